The minimum atomic E-state index is -0.333. The summed E-state index contributed by atoms with van der Waals surface area (Å²) in [6.07, 6.45) is 2.47. The van der Waals surface area contributed by atoms with Crippen molar-refractivity contribution in [3.05, 3.63) is 56.1 Å². The summed E-state index contributed by atoms with van der Waals surface area (Å²) in [5.74, 6) is 1.03. The maximum absolute atomic E-state index is 11.8. The lowest BCUT2D eigenvalue weighted by Gasteiger charge is -2.08. The van der Waals surface area contributed by atoms with Crippen LogP contribution in [0.15, 0.2) is 52.0 Å². The molecule has 0 saturated carbocycles. The number of hydrogen-bond acceptors (Lipinski definition) is 4. The summed E-state index contributed by atoms with van der Waals surface area (Å²) in [4.78, 5) is 11.8. The predicted octanol–water partition coefficient (Wildman–Crippen LogP) is 4.37. The molecule has 0 atom stereocenters. The Balaban J connectivity index is 1.88. The SMILES string of the molecule is CCCOc1ccc(Br)cc1/C=N/NC(=O)COc1ccc(I)cc1. The second-order valence-corrected chi connectivity index (χ2v) is 7.23. The standard InChI is InChI=1S/C18H18BrIN2O3/c1-2-9-24-17-8-3-14(19)10-13(17)11-21-22-18(23)12-25-16-6-4-15(20)5-7-16/h3-8,10-11H,2,9,12H2,1H3,(H,22,23)/b21-11+. The molecule has 2 aromatic carbocycles. The number of nitrogens with zero attached hydrogens (tertiary/aromatic N) is 1. The summed E-state index contributed by atoms with van der Waals surface area (Å²) in [5, 5.41) is 3.97. The monoisotopic (exact) mass is 516 g/mol. The molecular weight excluding hydrogens is 499 g/mol. The molecule has 1 amide bonds. The van der Waals surface area contributed by atoms with Crippen LogP contribution >= 0.6 is 38.5 Å². The van der Waals surface area contributed by atoms with Gasteiger partial charge in [0.05, 0.1) is 12.8 Å². The van der Waals surface area contributed by atoms with Crippen LogP contribution in [0.2, 0.25) is 0 Å². The Hall–Kier alpha value is -1.61. The molecule has 2 rings (SSSR count). The van der Waals surface area contributed by atoms with Gasteiger partial charge in [0.25, 0.3) is 5.91 Å². The molecule has 0 saturated heterocycles. The molecule has 0 aromatic heterocycles. The quantitative estimate of drug-likeness (QED) is 0.322. The third-order valence-corrected chi connectivity index (χ3v) is 4.22. The van der Waals surface area contributed by atoms with Crippen molar-refractivity contribution in [3.63, 3.8) is 0 Å². The third-order valence-electron chi connectivity index (χ3n) is 3.01. The van der Waals surface area contributed by atoms with Crippen LogP contribution in [0.5, 0.6) is 11.5 Å². The molecule has 5 nitrogen and oxygen atoms in total. The van der Waals surface area contributed by atoms with Crippen molar-refractivity contribution in [2.75, 3.05) is 13.2 Å². The molecule has 0 spiro atoms. The molecule has 0 bridgehead atoms. The average molecular weight is 517 g/mol. The molecule has 0 aliphatic carbocycles. The molecule has 0 unspecified atom stereocenters. The fourth-order valence-electron chi connectivity index (χ4n) is 1.85. The van der Waals surface area contributed by atoms with Gasteiger partial charge in [-0.25, -0.2) is 5.43 Å². The number of hydrazone groups is 1. The van der Waals surface area contributed by atoms with Crippen molar-refractivity contribution in [3.8, 4) is 11.5 Å². The van der Waals surface area contributed by atoms with Crippen LogP contribution < -0.4 is 14.9 Å². The Labute approximate surface area is 169 Å². The van der Waals surface area contributed by atoms with E-state index in [2.05, 4.69) is 49.0 Å². The number of rotatable bonds is 8. The highest BCUT2D eigenvalue weighted by Crippen LogP contribution is 2.22. The highest BCUT2D eigenvalue weighted by Gasteiger charge is 2.04. The van der Waals surface area contributed by atoms with E-state index in [1.807, 2.05) is 49.4 Å². The Kier molecular flexibility index (Phi) is 8.20. The molecule has 25 heavy (non-hydrogen) atoms. The lowest BCUT2D eigenvalue weighted by Crippen LogP contribution is -2.24. The van der Waals surface area contributed by atoms with Crippen molar-refractivity contribution >= 4 is 50.6 Å². The van der Waals surface area contributed by atoms with E-state index in [0.29, 0.717) is 12.4 Å². The van der Waals surface area contributed by atoms with E-state index in [0.717, 1.165) is 25.8 Å². The van der Waals surface area contributed by atoms with Crippen LogP contribution in [0.3, 0.4) is 0 Å². The molecule has 1 N–H and O–H groups in total. The van der Waals surface area contributed by atoms with E-state index in [-0.39, 0.29) is 12.5 Å². The zero-order valence-electron chi connectivity index (χ0n) is 13.7. The van der Waals surface area contributed by atoms with Crippen molar-refractivity contribution in [2.45, 2.75) is 13.3 Å². The van der Waals surface area contributed by atoms with Gasteiger partial charge in [0.1, 0.15) is 11.5 Å². The normalized spacial score (nSPS) is 10.7. The van der Waals surface area contributed by atoms with Crippen molar-refractivity contribution in [1.82, 2.24) is 5.43 Å². The van der Waals surface area contributed by atoms with E-state index >= 15 is 0 Å². The first-order valence-electron chi connectivity index (χ1n) is 7.71. The summed E-state index contributed by atoms with van der Waals surface area (Å²) < 4.78 is 13.1. The van der Waals surface area contributed by atoms with Gasteiger partial charge in [-0.15, -0.1) is 0 Å². The van der Waals surface area contributed by atoms with Crippen LogP contribution in [0.25, 0.3) is 0 Å². The molecule has 0 heterocycles. The summed E-state index contributed by atoms with van der Waals surface area (Å²) in [6, 6.07) is 13.1. The van der Waals surface area contributed by atoms with Gasteiger partial charge >= 0.3 is 0 Å². The van der Waals surface area contributed by atoms with E-state index in [4.69, 9.17) is 9.47 Å². The minimum absolute atomic E-state index is 0.102. The first-order valence-corrected chi connectivity index (χ1v) is 9.58. The summed E-state index contributed by atoms with van der Waals surface area (Å²) in [6.45, 7) is 2.56. The lowest BCUT2D eigenvalue weighted by molar-refractivity contribution is -0.123. The zero-order valence-corrected chi connectivity index (χ0v) is 17.4. The van der Waals surface area contributed by atoms with Crippen LogP contribution in [0.4, 0.5) is 0 Å². The summed E-state index contributed by atoms with van der Waals surface area (Å²) in [7, 11) is 0. The van der Waals surface area contributed by atoms with E-state index in [9.17, 15) is 4.79 Å². The van der Waals surface area contributed by atoms with Gasteiger partial charge < -0.3 is 9.47 Å². The van der Waals surface area contributed by atoms with Gasteiger partial charge in [-0.1, -0.05) is 22.9 Å². The topological polar surface area (TPSA) is 59.9 Å². The van der Waals surface area contributed by atoms with Gasteiger partial charge in [0.15, 0.2) is 6.61 Å². The smallest absolute Gasteiger partial charge is 0.277 e. The van der Waals surface area contributed by atoms with Crippen LogP contribution in [-0.4, -0.2) is 25.3 Å². The Morgan fingerprint density at radius 3 is 2.72 bits per heavy atom. The Morgan fingerprint density at radius 2 is 2.00 bits per heavy atom. The minimum Gasteiger partial charge on any atom is -0.493 e. The first kappa shape index (κ1) is 19.7. The molecule has 0 radical (unpaired) electrons. The molecule has 2 aromatic rings. The number of hydrogen-bond donors (Lipinski definition) is 1. The Bertz CT molecular complexity index is 736. The second-order valence-electron chi connectivity index (χ2n) is 5.07. The van der Waals surface area contributed by atoms with Crippen LogP contribution in [-0.2, 0) is 4.79 Å². The fraction of sp³-hybridized carbons (Fsp3) is 0.222. The van der Waals surface area contributed by atoms with Gasteiger partial charge in [0.2, 0.25) is 0 Å². The average Bonchev–Trinajstić information content (AvgIpc) is 2.60. The molecule has 7 heteroatoms. The lowest BCUT2D eigenvalue weighted by atomic mass is 10.2. The van der Waals surface area contributed by atoms with Gasteiger partial charge in [-0.05, 0) is 71.5 Å². The third kappa shape index (κ3) is 7.03. The molecular formula is C18H18BrIN2O3. The zero-order chi connectivity index (χ0) is 18.1. The number of carbonyl (C=O) groups is 1. The second kappa shape index (κ2) is 10.4. The maximum atomic E-state index is 11.8. The van der Waals surface area contributed by atoms with Crippen molar-refractivity contribution in [1.29, 1.82) is 0 Å². The number of ether oxygens (including phenoxy) is 2. The molecule has 132 valence electrons. The molecule has 0 aliphatic heterocycles. The highest BCUT2D eigenvalue weighted by atomic mass is 127. The number of amides is 1. The predicted molar refractivity (Wildman–Crippen MR) is 110 cm³/mol. The number of halogens is 2. The van der Waals surface area contributed by atoms with Gasteiger partial charge in [-0.2, -0.15) is 5.10 Å². The number of benzene rings is 2. The fourth-order valence-corrected chi connectivity index (χ4v) is 2.59. The van der Waals surface area contributed by atoms with Gasteiger partial charge in [0, 0.05) is 13.6 Å². The number of carbonyl (C=O) groups excluding carboxylic acids is 1. The van der Waals surface area contributed by atoms with E-state index in [1.165, 1.54) is 0 Å². The largest absolute Gasteiger partial charge is 0.493 e. The summed E-state index contributed by atoms with van der Waals surface area (Å²) in [5.41, 5.74) is 3.23. The van der Waals surface area contributed by atoms with Crippen molar-refractivity contribution in [2.24, 2.45) is 5.10 Å². The van der Waals surface area contributed by atoms with Gasteiger partial charge in [-0.3, -0.25) is 4.79 Å². The molecule has 0 fully saturated rings. The van der Waals surface area contributed by atoms with E-state index in [1.54, 1.807) is 6.21 Å². The first-order chi connectivity index (χ1) is 12.1. The summed E-state index contributed by atoms with van der Waals surface area (Å²) >= 11 is 5.62. The van der Waals surface area contributed by atoms with Crippen LogP contribution in [0, 0.1) is 3.57 Å². The van der Waals surface area contributed by atoms with Crippen LogP contribution in [0.1, 0.15) is 18.9 Å². The number of nitrogens with one attached hydrogen (secondary N) is 1. The highest BCUT2D eigenvalue weighted by molar-refractivity contribution is 14.1. The maximum Gasteiger partial charge on any atom is 0.277 e. The Morgan fingerprint density at radius 1 is 1.24 bits per heavy atom. The van der Waals surface area contributed by atoms with Crippen molar-refractivity contribution < 1.29 is 14.3 Å². The van der Waals surface area contributed by atoms with E-state index < -0.39 is 0 Å². The molecule has 0 aliphatic rings.